The Hall–Kier alpha value is -3.18. The molecule has 0 saturated carbocycles. The van der Waals surface area contributed by atoms with E-state index < -0.39 is 0 Å². The third-order valence-corrected chi connectivity index (χ3v) is 5.23. The van der Waals surface area contributed by atoms with E-state index in [0.29, 0.717) is 40.4 Å². The third-order valence-electron chi connectivity index (χ3n) is 4.77. The fourth-order valence-electron chi connectivity index (χ4n) is 3.39. The Labute approximate surface area is 182 Å². The number of benzene rings is 1. The van der Waals surface area contributed by atoms with Crippen molar-refractivity contribution in [2.45, 2.75) is 13.2 Å². The molecule has 1 aliphatic rings. The molecule has 4 aromatic rings. The second-order valence-corrected chi connectivity index (χ2v) is 7.51. The maximum absolute atomic E-state index is 6.28. The molecule has 148 valence electrons. The number of fused-ring (bicyclic) bond motifs is 5. The van der Waals surface area contributed by atoms with E-state index in [0.717, 1.165) is 22.8 Å². The Morgan fingerprint density at radius 1 is 1.07 bits per heavy atom. The molecule has 30 heavy (non-hydrogen) atoms. The summed E-state index contributed by atoms with van der Waals surface area (Å²) in [5.74, 6) is 7.63. The van der Waals surface area contributed by atoms with E-state index in [1.807, 2.05) is 27.3 Å². The maximum Gasteiger partial charge on any atom is 0.166 e. The van der Waals surface area contributed by atoms with Crippen molar-refractivity contribution in [3.8, 4) is 28.9 Å². The molecule has 0 amide bonds. The van der Waals surface area contributed by atoms with E-state index in [1.54, 1.807) is 31.8 Å². The summed E-state index contributed by atoms with van der Waals surface area (Å²) in [4.78, 5) is 8.77. The summed E-state index contributed by atoms with van der Waals surface area (Å²) < 4.78 is 9.32. The van der Waals surface area contributed by atoms with Crippen molar-refractivity contribution < 1.29 is 4.74 Å². The first kappa shape index (κ1) is 18.8. The number of pyridine rings is 1. The SMILES string of the molecule is COCc1nnc2n1Cc1c(C#Cc3ccc(Cl)cn3)ncn1-c1ccc(Cl)cc1-2. The molecular formula is C21H14Cl2N6O. The van der Waals surface area contributed by atoms with Gasteiger partial charge < -0.3 is 9.30 Å². The molecule has 9 heteroatoms. The lowest BCUT2D eigenvalue weighted by Gasteiger charge is -2.08. The van der Waals surface area contributed by atoms with Gasteiger partial charge in [0.05, 0.1) is 22.9 Å². The van der Waals surface area contributed by atoms with E-state index in [-0.39, 0.29) is 0 Å². The second-order valence-electron chi connectivity index (χ2n) is 6.64. The van der Waals surface area contributed by atoms with Crippen LogP contribution in [0.25, 0.3) is 17.1 Å². The van der Waals surface area contributed by atoms with Gasteiger partial charge in [-0.1, -0.05) is 23.2 Å². The van der Waals surface area contributed by atoms with Gasteiger partial charge in [0.2, 0.25) is 0 Å². The van der Waals surface area contributed by atoms with Crippen LogP contribution in [0.3, 0.4) is 0 Å². The van der Waals surface area contributed by atoms with Crippen LogP contribution in [-0.2, 0) is 17.9 Å². The lowest BCUT2D eigenvalue weighted by atomic mass is 10.1. The topological polar surface area (TPSA) is 70.7 Å². The van der Waals surface area contributed by atoms with E-state index in [9.17, 15) is 0 Å². The molecule has 1 aliphatic heterocycles. The Morgan fingerprint density at radius 2 is 1.93 bits per heavy atom. The summed E-state index contributed by atoms with van der Waals surface area (Å²) in [5.41, 5.74) is 3.96. The maximum atomic E-state index is 6.28. The average molecular weight is 437 g/mol. The minimum atomic E-state index is 0.340. The number of ether oxygens (including phenoxy) is 1. The highest BCUT2D eigenvalue weighted by Crippen LogP contribution is 2.34. The molecule has 0 bridgehead atoms. The molecule has 0 radical (unpaired) electrons. The van der Waals surface area contributed by atoms with Gasteiger partial charge in [0, 0.05) is 23.9 Å². The van der Waals surface area contributed by atoms with E-state index >= 15 is 0 Å². The second kappa shape index (κ2) is 7.58. The van der Waals surface area contributed by atoms with Gasteiger partial charge in [-0.05, 0) is 42.2 Å². The number of methoxy groups -OCH3 is 1. The molecule has 7 nitrogen and oxygen atoms in total. The number of hydrogen-bond donors (Lipinski definition) is 0. The first-order chi connectivity index (χ1) is 14.6. The van der Waals surface area contributed by atoms with Gasteiger partial charge in [-0.15, -0.1) is 10.2 Å². The Kier molecular flexibility index (Phi) is 4.75. The van der Waals surface area contributed by atoms with Crippen LogP contribution in [0.1, 0.15) is 22.9 Å². The zero-order valence-electron chi connectivity index (χ0n) is 15.8. The number of imidazole rings is 1. The molecule has 0 aliphatic carbocycles. The van der Waals surface area contributed by atoms with Crippen molar-refractivity contribution in [3.63, 3.8) is 0 Å². The zero-order valence-corrected chi connectivity index (χ0v) is 17.3. The molecule has 1 aromatic carbocycles. The summed E-state index contributed by atoms with van der Waals surface area (Å²) in [6, 6.07) is 9.20. The number of aromatic nitrogens is 6. The summed E-state index contributed by atoms with van der Waals surface area (Å²) in [6.45, 7) is 0.831. The number of rotatable bonds is 2. The minimum absolute atomic E-state index is 0.340. The lowest BCUT2D eigenvalue weighted by Crippen LogP contribution is -2.09. The van der Waals surface area contributed by atoms with Crippen molar-refractivity contribution in [1.29, 1.82) is 0 Å². The van der Waals surface area contributed by atoms with Gasteiger partial charge in [-0.25, -0.2) is 9.97 Å². The normalized spacial score (nSPS) is 11.7. The summed E-state index contributed by atoms with van der Waals surface area (Å²) in [5, 5.41) is 9.88. The fraction of sp³-hybridized carbons (Fsp3) is 0.143. The van der Waals surface area contributed by atoms with Gasteiger partial charge in [0.1, 0.15) is 24.3 Å². The largest absolute Gasteiger partial charge is 0.377 e. The van der Waals surface area contributed by atoms with Crippen LogP contribution in [0.5, 0.6) is 0 Å². The van der Waals surface area contributed by atoms with Crippen LogP contribution < -0.4 is 0 Å². The van der Waals surface area contributed by atoms with Gasteiger partial charge in [0.25, 0.3) is 0 Å². The van der Waals surface area contributed by atoms with Crippen LogP contribution in [0.2, 0.25) is 10.0 Å². The van der Waals surface area contributed by atoms with Crippen LogP contribution in [-0.4, -0.2) is 36.4 Å². The highest BCUT2D eigenvalue weighted by molar-refractivity contribution is 6.31. The molecule has 0 unspecified atom stereocenters. The highest BCUT2D eigenvalue weighted by atomic mass is 35.5. The third kappa shape index (κ3) is 3.25. The highest BCUT2D eigenvalue weighted by Gasteiger charge is 2.25. The Morgan fingerprint density at radius 3 is 2.73 bits per heavy atom. The molecule has 5 rings (SSSR count). The van der Waals surface area contributed by atoms with Gasteiger partial charge in [-0.2, -0.15) is 0 Å². The van der Waals surface area contributed by atoms with Crippen molar-refractivity contribution in [2.75, 3.05) is 7.11 Å². The Bertz CT molecular complexity index is 1310. The molecule has 0 N–H and O–H groups in total. The molecule has 0 fully saturated rings. The first-order valence-corrected chi connectivity index (χ1v) is 9.80. The minimum Gasteiger partial charge on any atom is -0.377 e. The smallest absolute Gasteiger partial charge is 0.166 e. The van der Waals surface area contributed by atoms with Gasteiger partial charge in [-0.3, -0.25) is 4.57 Å². The van der Waals surface area contributed by atoms with Crippen LogP contribution >= 0.6 is 23.2 Å². The number of hydrogen-bond acceptors (Lipinski definition) is 5. The van der Waals surface area contributed by atoms with E-state index in [1.165, 1.54) is 0 Å². The molecule has 0 saturated heterocycles. The predicted octanol–water partition coefficient (Wildman–Crippen LogP) is 3.74. The van der Waals surface area contributed by atoms with Crippen molar-refractivity contribution in [3.05, 3.63) is 75.8 Å². The lowest BCUT2D eigenvalue weighted by molar-refractivity contribution is 0.174. The van der Waals surface area contributed by atoms with Crippen molar-refractivity contribution >= 4 is 23.2 Å². The quantitative estimate of drug-likeness (QED) is 0.394. The monoisotopic (exact) mass is 436 g/mol. The summed E-state index contributed by atoms with van der Waals surface area (Å²) in [7, 11) is 1.63. The van der Waals surface area contributed by atoms with Crippen molar-refractivity contribution in [2.24, 2.45) is 0 Å². The molecule has 0 spiro atoms. The molecular weight excluding hydrogens is 423 g/mol. The van der Waals surface area contributed by atoms with Gasteiger partial charge in [0.15, 0.2) is 11.6 Å². The van der Waals surface area contributed by atoms with Crippen LogP contribution in [0.4, 0.5) is 0 Å². The zero-order chi connectivity index (χ0) is 20.7. The first-order valence-electron chi connectivity index (χ1n) is 9.05. The fourth-order valence-corrected chi connectivity index (χ4v) is 3.68. The standard InChI is InChI=1S/C21H14Cl2N6O/c1-30-11-20-26-27-21-16-8-13(22)3-7-18(16)29-12-25-17(19(29)10-28(20)21)6-5-15-4-2-14(23)9-24-15/h2-4,7-9,12H,10-11H2,1H3. The van der Waals surface area contributed by atoms with Crippen molar-refractivity contribution in [1.82, 2.24) is 29.3 Å². The summed E-state index contributed by atoms with van der Waals surface area (Å²) in [6.07, 6.45) is 3.33. The summed E-state index contributed by atoms with van der Waals surface area (Å²) >= 11 is 12.2. The van der Waals surface area contributed by atoms with Crippen LogP contribution in [0.15, 0.2) is 42.9 Å². The molecule has 3 aromatic heterocycles. The van der Waals surface area contributed by atoms with E-state index in [4.69, 9.17) is 27.9 Å². The Balaban J connectivity index is 1.67. The number of nitrogens with zero attached hydrogens (tertiary/aromatic N) is 6. The number of halogens is 2. The van der Waals surface area contributed by atoms with Crippen LogP contribution in [0, 0.1) is 11.8 Å². The molecule has 0 atom stereocenters. The average Bonchev–Trinajstić information content (AvgIpc) is 3.29. The van der Waals surface area contributed by atoms with Gasteiger partial charge >= 0.3 is 0 Å². The molecule has 4 heterocycles. The predicted molar refractivity (Wildman–Crippen MR) is 113 cm³/mol. The van der Waals surface area contributed by atoms with E-state index in [2.05, 4.69) is 32.0 Å².